The number of rotatable bonds is 3. The van der Waals surface area contributed by atoms with E-state index in [0.29, 0.717) is 0 Å². The van der Waals surface area contributed by atoms with Gasteiger partial charge < -0.3 is 15.5 Å². The van der Waals surface area contributed by atoms with E-state index < -0.39 is 0 Å². The fourth-order valence-electron chi connectivity index (χ4n) is 4.88. The maximum absolute atomic E-state index is 6.71. The quantitative estimate of drug-likeness (QED) is 0.504. The van der Waals surface area contributed by atoms with E-state index in [1.807, 2.05) is 12.1 Å². The van der Waals surface area contributed by atoms with E-state index in [-0.39, 0.29) is 11.5 Å². The zero-order valence-corrected chi connectivity index (χ0v) is 17.3. The zero-order valence-electron chi connectivity index (χ0n) is 17.3. The second-order valence-electron chi connectivity index (χ2n) is 9.02. The first kappa shape index (κ1) is 18.2. The van der Waals surface area contributed by atoms with E-state index in [1.165, 1.54) is 21.9 Å². The number of aromatic nitrogens is 2. The topological polar surface area (TPSA) is 63.9 Å². The van der Waals surface area contributed by atoms with E-state index in [1.54, 1.807) is 7.11 Å². The standard InChI is InChI=1S/C25H27N3O/c1-25(2)13-18(26)23-21(14-25)27-20(12-15-8-10-16(29-3)11-9-15)24-22(23)17-6-4-5-7-19(17)28-24/h4-11,18,28H,12-14,26H2,1-3H3. The summed E-state index contributed by atoms with van der Waals surface area (Å²) in [4.78, 5) is 8.82. The lowest BCUT2D eigenvalue weighted by Crippen LogP contribution is -2.31. The van der Waals surface area contributed by atoms with Crippen LogP contribution in [-0.2, 0) is 12.8 Å². The molecule has 1 unspecified atom stereocenters. The molecule has 0 aliphatic heterocycles. The molecule has 0 radical (unpaired) electrons. The van der Waals surface area contributed by atoms with Gasteiger partial charge in [-0.2, -0.15) is 0 Å². The number of nitrogens with two attached hydrogens (primary N) is 1. The van der Waals surface area contributed by atoms with Crippen molar-refractivity contribution in [2.75, 3.05) is 7.11 Å². The summed E-state index contributed by atoms with van der Waals surface area (Å²) in [5.41, 5.74) is 13.8. The van der Waals surface area contributed by atoms with Crippen LogP contribution in [0.15, 0.2) is 48.5 Å². The van der Waals surface area contributed by atoms with Crippen molar-refractivity contribution in [3.05, 3.63) is 71.0 Å². The highest BCUT2D eigenvalue weighted by Gasteiger charge is 2.34. The molecule has 2 aromatic heterocycles. The Balaban J connectivity index is 1.74. The second-order valence-corrected chi connectivity index (χ2v) is 9.02. The Hall–Kier alpha value is -2.85. The monoisotopic (exact) mass is 385 g/mol. The summed E-state index contributed by atoms with van der Waals surface area (Å²) in [6.07, 6.45) is 2.71. The molecule has 0 amide bonds. The first-order chi connectivity index (χ1) is 13.9. The number of fused-ring (bicyclic) bond motifs is 5. The van der Waals surface area contributed by atoms with E-state index in [0.717, 1.165) is 47.4 Å². The Kier molecular flexibility index (Phi) is 4.14. The molecule has 0 spiro atoms. The molecule has 2 heterocycles. The first-order valence-electron chi connectivity index (χ1n) is 10.3. The fraction of sp³-hybridized carbons (Fsp3) is 0.320. The van der Waals surface area contributed by atoms with Gasteiger partial charge in [-0.25, -0.2) is 0 Å². The van der Waals surface area contributed by atoms with Crippen molar-refractivity contribution in [1.29, 1.82) is 0 Å². The van der Waals surface area contributed by atoms with Crippen LogP contribution in [0, 0.1) is 5.41 Å². The van der Waals surface area contributed by atoms with Gasteiger partial charge in [-0.05, 0) is 42.0 Å². The van der Waals surface area contributed by atoms with Crippen LogP contribution in [0.5, 0.6) is 5.75 Å². The molecule has 0 saturated carbocycles. The number of hydrogen-bond acceptors (Lipinski definition) is 3. The highest BCUT2D eigenvalue weighted by Crippen LogP contribution is 2.44. The Morgan fingerprint density at radius 1 is 1.14 bits per heavy atom. The maximum atomic E-state index is 6.71. The van der Waals surface area contributed by atoms with Gasteiger partial charge in [-0.3, -0.25) is 4.98 Å². The molecular weight excluding hydrogens is 358 g/mol. The van der Waals surface area contributed by atoms with Crippen molar-refractivity contribution in [2.24, 2.45) is 11.1 Å². The van der Waals surface area contributed by atoms with Gasteiger partial charge in [0.15, 0.2) is 0 Å². The number of para-hydroxylation sites is 1. The van der Waals surface area contributed by atoms with E-state index in [2.05, 4.69) is 55.2 Å². The molecule has 1 aliphatic carbocycles. The normalized spacial score (nSPS) is 18.1. The summed E-state index contributed by atoms with van der Waals surface area (Å²) in [6, 6.07) is 16.8. The lowest BCUT2D eigenvalue weighted by Gasteiger charge is -2.35. The summed E-state index contributed by atoms with van der Waals surface area (Å²) in [5.74, 6) is 0.871. The third-order valence-electron chi connectivity index (χ3n) is 6.16. The average molecular weight is 386 g/mol. The minimum absolute atomic E-state index is 0.0120. The van der Waals surface area contributed by atoms with E-state index >= 15 is 0 Å². The molecule has 0 saturated heterocycles. The largest absolute Gasteiger partial charge is 0.497 e. The molecule has 5 rings (SSSR count). The molecule has 0 bridgehead atoms. The van der Waals surface area contributed by atoms with Crippen LogP contribution in [0.2, 0.25) is 0 Å². The fourth-order valence-corrected chi connectivity index (χ4v) is 4.88. The van der Waals surface area contributed by atoms with Gasteiger partial charge in [0.1, 0.15) is 5.75 Å². The van der Waals surface area contributed by atoms with E-state index in [9.17, 15) is 0 Å². The van der Waals surface area contributed by atoms with Crippen LogP contribution in [0.25, 0.3) is 21.8 Å². The number of aromatic amines is 1. The molecule has 4 aromatic rings. The maximum Gasteiger partial charge on any atom is 0.118 e. The van der Waals surface area contributed by atoms with Crippen LogP contribution in [-0.4, -0.2) is 17.1 Å². The first-order valence-corrected chi connectivity index (χ1v) is 10.3. The van der Waals surface area contributed by atoms with Crippen molar-refractivity contribution in [1.82, 2.24) is 9.97 Å². The third kappa shape index (κ3) is 3.08. The van der Waals surface area contributed by atoms with Crippen LogP contribution >= 0.6 is 0 Å². The van der Waals surface area contributed by atoms with Crippen molar-refractivity contribution >= 4 is 21.8 Å². The molecule has 4 heteroatoms. The third-order valence-corrected chi connectivity index (χ3v) is 6.16. The Morgan fingerprint density at radius 2 is 1.90 bits per heavy atom. The minimum atomic E-state index is 0.0120. The van der Waals surface area contributed by atoms with Crippen LogP contribution in [0.4, 0.5) is 0 Å². The van der Waals surface area contributed by atoms with Crippen molar-refractivity contribution < 1.29 is 4.74 Å². The number of H-pyrrole nitrogens is 1. The lowest BCUT2D eigenvalue weighted by atomic mass is 9.73. The lowest BCUT2D eigenvalue weighted by molar-refractivity contribution is 0.280. The molecule has 0 fully saturated rings. The number of nitrogens with one attached hydrogen (secondary N) is 1. The van der Waals surface area contributed by atoms with Gasteiger partial charge in [-0.1, -0.05) is 44.2 Å². The van der Waals surface area contributed by atoms with E-state index in [4.69, 9.17) is 15.5 Å². The number of nitrogens with zero attached hydrogens (tertiary/aromatic N) is 1. The van der Waals surface area contributed by atoms with Crippen molar-refractivity contribution in [3.63, 3.8) is 0 Å². The molecule has 1 atom stereocenters. The summed E-state index contributed by atoms with van der Waals surface area (Å²) < 4.78 is 5.30. The van der Waals surface area contributed by atoms with Crippen LogP contribution in [0.3, 0.4) is 0 Å². The predicted molar refractivity (Wildman–Crippen MR) is 118 cm³/mol. The Labute approximate surface area is 171 Å². The number of hydrogen-bond donors (Lipinski definition) is 2. The minimum Gasteiger partial charge on any atom is -0.497 e. The SMILES string of the molecule is COc1ccc(Cc2nc3c(c4c2[nH]c2ccccc24)C(N)CC(C)(C)C3)cc1. The number of ether oxygens (including phenoxy) is 1. The van der Waals surface area contributed by atoms with Crippen molar-refractivity contribution in [3.8, 4) is 5.75 Å². The number of pyridine rings is 1. The molecule has 2 aromatic carbocycles. The smallest absolute Gasteiger partial charge is 0.118 e. The van der Waals surface area contributed by atoms with Gasteiger partial charge in [-0.15, -0.1) is 0 Å². The molecule has 3 N–H and O–H groups in total. The van der Waals surface area contributed by atoms with Gasteiger partial charge in [0.2, 0.25) is 0 Å². The zero-order chi connectivity index (χ0) is 20.2. The summed E-state index contributed by atoms with van der Waals surface area (Å²) >= 11 is 0. The molecule has 29 heavy (non-hydrogen) atoms. The van der Waals surface area contributed by atoms with Crippen LogP contribution < -0.4 is 10.5 Å². The highest BCUT2D eigenvalue weighted by atomic mass is 16.5. The number of benzene rings is 2. The second kappa shape index (κ2) is 6.60. The van der Waals surface area contributed by atoms with Crippen LogP contribution in [0.1, 0.15) is 48.8 Å². The van der Waals surface area contributed by atoms with Gasteiger partial charge >= 0.3 is 0 Å². The molecule has 1 aliphatic rings. The summed E-state index contributed by atoms with van der Waals surface area (Å²) in [7, 11) is 1.69. The summed E-state index contributed by atoms with van der Waals surface area (Å²) in [6.45, 7) is 4.58. The van der Waals surface area contributed by atoms with Crippen molar-refractivity contribution in [2.45, 2.75) is 39.2 Å². The Morgan fingerprint density at radius 3 is 2.66 bits per heavy atom. The molecule has 148 valence electrons. The molecular formula is C25H27N3O. The number of methoxy groups -OCH3 is 1. The Bertz CT molecular complexity index is 1200. The molecule has 4 nitrogen and oxygen atoms in total. The highest BCUT2D eigenvalue weighted by molar-refractivity contribution is 6.10. The average Bonchev–Trinajstić information content (AvgIpc) is 3.07. The van der Waals surface area contributed by atoms with Gasteiger partial charge in [0.25, 0.3) is 0 Å². The summed E-state index contributed by atoms with van der Waals surface area (Å²) in [5, 5.41) is 2.50. The van der Waals surface area contributed by atoms with Gasteiger partial charge in [0, 0.05) is 40.0 Å². The van der Waals surface area contributed by atoms with Gasteiger partial charge in [0.05, 0.1) is 18.3 Å². The predicted octanol–water partition coefficient (Wildman–Crippen LogP) is 5.29.